The van der Waals surface area contributed by atoms with Crippen LogP contribution < -0.4 is 5.32 Å². The van der Waals surface area contributed by atoms with Crippen LogP contribution in [0.5, 0.6) is 0 Å². The van der Waals surface area contributed by atoms with Crippen LogP contribution in [0, 0.1) is 17.7 Å². The van der Waals surface area contributed by atoms with Gasteiger partial charge in [-0.25, -0.2) is 4.39 Å². The first-order valence-electron chi connectivity index (χ1n) is 10.9. The van der Waals surface area contributed by atoms with Gasteiger partial charge in [0.15, 0.2) is 0 Å². The third kappa shape index (κ3) is 5.12. The second-order valence-corrected chi connectivity index (χ2v) is 8.27. The Kier molecular flexibility index (Phi) is 7.46. The summed E-state index contributed by atoms with van der Waals surface area (Å²) in [7, 11) is 0. The molecule has 2 amide bonds. The maximum Gasteiger partial charge on any atom is 0.225 e. The monoisotopic (exact) mass is 388 g/mol. The molecule has 1 N–H and O–H groups in total. The molecular weight excluding hydrogens is 355 g/mol. The Hall–Kier alpha value is -1.91. The van der Waals surface area contributed by atoms with Crippen LogP contribution in [0.3, 0.4) is 0 Å². The van der Waals surface area contributed by atoms with Crippen molar-refractivity contribution in [3.05, 3.63) is 35.6 Å². The topological polar surface area (TPSA) is 49.4 Å². The van der Waals surface area contributed by atoms with Crippen LogP contribution in [-0.2, 0) is 16.0 Å². The summed E-state index contributed by atoms with van der Waals surface area (Å²) in [4.78, 5) is 27.5. The zero-order valence-corrected chi connectivity index (χ0v) is 17.0. The highest BCUT2D eigenvalue weighted by atomic mass is 19.1. The van der Waals surface area contributed by atoms with Crippen molar-refractivity contribution in [3.63, 3.8) is 0 Å². The van der Waals surface area contributed by atoms with Crippen LogP contribution >= 0.6 is 0 Å². The summed E-state index contributed by atoms with van der Waals surface area (Å²) in [5, 5.41) is 2.95. The number of carbonyl (C=O) groups is 2. The van der Waals surface area contributed by atoms with Crippen LogP contribution in [-0.4, -0.2) is 35.8 Å². The highest BCUT2D eigenvalue weighted by Gasteiger charge is 2.34. The molecule has 3 rings (SSSR count). The van der Waals surface area contributed by atoms with Crippen molar-refractivity contribution >= 4 is 11.8 Å². The number of likely N-dealkylation sites (tertiary alicyclic amines) is 1. The SMILES string of the molecule is CCC1CCCCN1C(=O)C1CCC(C(=O)NCCc2ccccc2F)CC1. The minimum Gasteiger partial charge on any atom is -0.356 e. The third-order valence-corrected chi connectivity index (χ3v) is 6.48. The first-order chi connectivity index (χ1) is 13.6. The molecule has 0 radical (unpaired) electrons. The van der Waals surface area contributed by atoms with Gasteiger partial charge in [0.25, 0.3) is 0 Å². The van der Waals surface area contributed by atoms with E-state index in [1.54, 1.807) is 12.1 Å². The molecule has 2 fully saturated rings. The Bertz CT molecular complexity index is 670. The van der Waals surface area contributed by atoms with E-state index >= 15 is 0 Å². The van der Waals surface area contributed by atoms with Gasteiger partial charge in [-0.3, -0.25) is 9.59 Å². The lowest BCUT2D eigenvalue weighted by Crippen LogP contribution is -2.47. The van der Waals surface area contributed by atoms with E-state index in [1.807, 2.05) is 6.07 Å². The van der Waals surface area contributed by atoms with Gasteiger partial charge >= 0.3 is 0 Å². The molecule has 154 valence electrons. The van der Waals surface area contributed by atoms with E-state index < -0.39 is 0 Å². The molecule has 2 aliphatic rings. The minimum absolute atomic E-state index is 0.0204. The molecule has 0 bridgehead atoms. The summed E-state index contributed by atoms with van der Waals surface area (Å²) < 4.78 is 13.6. The summed E-state index contributed by atoms with van der Waals surface area (Å²) in [6.45, 7) is 3.51. The highest BCUT2D eigenvalue weighted by molar-refractivity contribution is 5.81. The molecule has 1 aromatic rings. The van der Waals surface area contributed by atoms with Gasteiger partial charge in [0.2, 0.25) is 11.8 Å². The van der Waals surface area contributed by atoms with Gasteiger partial charge in [-0.2, -0.15) is 0 Å². The molecular formula is C23H33FN2O2. The van der Waals surface area contributed by atoms with Crippen molar-refractivity contribution in [3.8, 4) is 0 Å². The summed E-state index contributed by atoms with van der Waals surface area (Å²) >= 11 is 0. The van der Waals surface area contributed by atoms with Crippen LogP contribution in [0.15, 0.2) is 24.3 Å². The summed E-state index contributed by atoms with van der Waals surface area (Å²) in [6.07, 6.45) is 8.14. The zero-order chi connectivity index (χ0) is 19.9. The highest BCUT2D eigenvalue weighted by Crippen LogP contribution is 2.32. The standard InChI is InChI=1S/C23H33FN2O2/c1-2-20-8-5-6-16-26(20)23(28)19-12-10-18(11-13-19)22(27)25-15-14-17-7-3-4-9-21(17)24/h3-4,7,9,18-20H,2,5-6,8,10-16H2,1H3,(H,25,27). The molecule has 4 nitrogen and oxygen atoms in total. The van der Waals surface area contributed by atoms with Gasteiger partial charge in [0.1, 0.15) is 5.82 Å². The average molecular weight is 389 g/mol. The lowest BCUT2D eigenvalue weighted by Gasteiger charge is -2.39. The summed E-state index contributed by atoms with van der Waals surface area (Å²) in [5.41, 5.74) is 0.629. The van der Waals surface area contributed by atoms with Gasteiger partial charge in [-0.1, -0.05) is 25.1 Å². The number of rotatable bonds is 6. The zero-order valence-electron chi connectivity index (χ0n) is 17.0. The number of hydrogen-bond acceptors (Lipinski definition) is 2. The Balaban J connectivity index is 1.42. The van der Waals surface area contributed by atoms with E-state index in [9.17, 15) is 14.0 Å². The molecule has 1 saturated heterocycles. The fourth-order valence-electron chi connectivity index (χ4n) is 4.72. The second kappa shape index (κ2) is 10.0. The largest absolute Gasteiger partial charge is 0.356 e. The van der Waals surface area contributed by atoms with Gasteiger partial charge in [-0.05, 0) is 69.4 Å². The predicted octanol–water partition coefficient (Wildman–Crippen LogP) is 4.08. The van der Waals surface area contributed by atoms with Gasteiger partial charge in [0.05, 0.1) is 0 Å². The number of piperidine rings is 1. The second-order valence-electron chi connectivity index (χ2n) is 8.27. The van der Waals surface area contributed by atoms with E-state index in [0.29, 0.717) is 30.5 Å². The van der Waals surface area contributed by atoms with Crippen LogP contribution in [0.25, 0.3) is 0 Å². The fourth-order valence-corrected chi connectivity index (χ4v) is 4.72. The van der Waals surface area contributed by atoms with Crippen LogP contribution in [0.1, 0.15) is 63.9 Å². The number of halogens is 1. The summed E-state index contributed by atoms with van der Waals surface area (Å²) in [5.74, 6) is 0.193. The quantitative estimate of drug-likeness (QED) is 0.798. The number of benzene rings is 1. The van der Waals surface area contributed by atoms with Crippen LogP contribution in [0.2, 0.25) is 0 Å². The van der Waals surface area contributed by atoms with E-state index in [1.165, 1.54) is 12.5 Å². The lowest BCUT2D eigenvalue weighted by molar-refractivity contribution is -0.141. The van der Waals surface area contributed by atoms with E-state index in [0.717, 1.165) is 51.5 Å². The molecule has 1 saturated carbocycles. The number of amides is 2. The number of carbonyl (C=O) groups excluding carboxylic acids is 2. The molecule has 1 unspecified atom stereocenters. The minimum atomic E-state index is -0.223. The number of nitrogens with one attached hydrogen (secondary N) is 1. The molecule has 1 aromatic carbocycles. The lowest BCUT2D eigenvalue weighted by atomic mass is 9.80. The Morgan fingerprint density at radius 1 is 1.07 bits per heavy atom. The van der Waals surface area contributed by atoms with Crippen molar-refractivity contribution in [2.24, 2.45) is 11.8 Å². The van der Waals surface area contributed by atoms with Crippen molar-refractivity contribution in [2.75, 3.05) is 13.1 Å². The Morgan fingerprint density at radius 2 is 1.79 bits per heavy atom. The average Bonchev–Trinajstić information content (AvgIpc) is 2.74. The summed E-state index contributed by atoms with van der Waals surface area (Å²) in [6, 6.07) is 7.08. The maximum absolute atomic E-state index is 13.6. The molecule has 1 aliphatic carbocycles. The fraction of sp³-hybridized carbons (Fsp3) is 0.652. The molecule has 0 aromatic heterocycles. The smallest absolute Gasteiger partial charge is 0.225 e. The molecule has 1 atom stereocenters. The van der Waals surface area contributed by atoms with Crippen molar-refractivity contribution in [1.29, 1.82) is 0 Å². The molecule has 1 heterocycles. The van der Waals surface area contributed by atoms with Gasteiger partial charge < -0.3 is 10.2 Å². The normalized spacial score (nSPS) is 25.4. The van der Waals surface area contributed by atoms with Crippen molar-refractivity contribution < 1.29 is 14.0 Å². The first-order valence-corrected chi connectivity index (χ1v) is 10.9. The van der Waals surface area contributed by atoms with Crippen molar-refractivity contribution in [2.45, 2.75) is 70.8 Å². The Labute approximate surface area is 167 Å². The molecule has 1 aliphatic heterocycles. The van der Waals surface area contributed by atoms with Gasteiger partial charge in [0, 0.05) is 31.0 Å². The predicted molar refractivity (Wildman–Crippen MR) is 108 cm³/mol. The van der Waals surface area contributed by atoms with E-state index in [-0.39, 0.29) is 23.6 Å². The Morgan fingerprint density at radius 3 is 2.50 bits per heavy atom. The molecule has 28 heavy (non-hydrogen) atoms. The maximum atomic E-state index is 13.6. The number of nitrogens with zero attached hydrogens (tertiary/aromatic N) is 1. The molecule has 5 heteroatoms. The number of hydrogen-bond donors (Lipinski definition) is 1. The third-order valence-electron chi connectivity index (χ3n) is 6.48. The van der Waals surface area contributed by atoms with E-state index in [2.05, 4.69) is 17.1 Å². The van der Waals surface area contributed by atoms with Crippen LogP contribution in [0.4, 0.5) is 4.39 Å². The van der Waals surface area contributed by atoms with Crippen molar-refractivity contribution in [1.82, 2.24) is 10.2 Å². The van der Waals surface area contributed by atoms with E-state index in [4.69, 9.17) is 0 Å². The molecule has 0 spiro atoms. The first kappa shape index (κ1) is 20.8. The van der Waals surface area contributed by atoms with Gasteiger partial charge in [-0.15, -0.1) is 0 Å².